The molecule has 2 heterocycles. The number of nitrogens with zero attached hydrogens (tertiary/aromatic N) is 2. The minimum atomic E-state index is -3.00. The van der Waals surface area contributed by atoms with E-state index in [9.17, 15) is 8.42 Å². The van der Waals surface area contributed by atoms with Crippen LogP contribution in [0.4, 0.5) is 11.5 Å². The van der Waals surface area contributed by atoms with Gasteiger partial charge in [-0.1, -0.05) is 29.8 Å². The second-order valence-corrected chi connectivity index (χ2v) is 12.7. The average Bonchev–Trinajstić information content (AvgIpc) is 3.39. The van der Waals surface area contributed by atoms with Crippen molar-refractivity contribution in [1.29, 1.82) is 0 Å². The fourth-order valence-electron chi connectivity index (χ4n) is 4.20. The number of aromatic nitrogens is 2. The minimum absolute atomic E-state index is 0.0841. The molecule has 0 aliphatic rings. The summed E-state index contributed by atoms with van der Waals surface area (Å²) in [7, 11) is -3.00. The first kappa shape index (κ1) is 27.8. The van der Waals surface area contributed by atoms with Crippen molar-refractivity contribution in [3.8, 4) is 17.1 Å². The van der Waals surface area contributed by atoms with Gasteiger partial charge >= 0.3 is 0 Å². The molecule has 206 valence electrons. The third-order valence-electron chi connectivity index (χ3n) is 6.20. The lowest BCUT2D eigenvalue weighted by molar-refractivity contribution is 0.304. The molecule has 0 bridgehead atoms. The van der Waals surface area contributed by atoms with E-state index in [4.69, 9.17) is 9.15 Å². The molecule has 10 heteroatoms. The van der Waals surface area contributed by atoms with Crippen molar-refractivity contribution in [3.63, 3.8) is 0 Å². The summed E-state index contributed by atoms with van der Waals surface area (Å²) in [6, 6.07) is 23.7. The lowest BCUT2D eigenvalue weighted by Gasteiger charge is -2.12. The van der Waals surface area contributed by atoms with Gasteiger partial charge in [0.25, 0.3) is 0 Å². The lowest BCUT2D eigenvalue weighted by atomic mass is 10.1. The SMILES string of the molecule is Cc1cccc(COc2ccc(Nc3ncnc4ccc(-c5ccc(CNCCS(C)(=O)=O)o5)cc34)cc2Br)c1. The Hall–Kier alpha value is -3.73. The van der Waals surface area contributed by atoms with Gasteiger partial charge in [0.2, 0.25) is 0 Å². The van der Waals surface area contributed by atoms with E-state index in [0.717, 1.165) is 43.7 Å². The second kappa shape index (κ2) is 12.2. The van der Waals surface area contributed by atoms with Crippen LogP contribution in [0.25, 0.3) is 22.2 Å². The highest BCUT2D eigenvalue weighted by Crippen LogP contribution is 2.33. The van der Waals surface area contributed by atoms with E-state index in [1.54, 1.807) is 0 Å². The molecule has 0 amide bonds. The summed E-state index contributed by atoms with van der Waals surface area (Å²) in [5.74, 6) is 2.93. The number of hydrogen-bond donors (Lipinski definition) is 2. The van der Waals surface area contributed by atoms with Gasteiger partial charge in [-0.25, -0.2) is 18.4 Å². The highest BCUT2D eigenvalue weighted by molar-refractivity contribution is 9.10. The fourth-order valence-corrected chi connectivity index (χ4v) is 5.21. The molecule has 2 aromatic heterocycles. The zero-order valence-corrected chi connectivity index (χ0v) is 24.6. The Kier molecular flexibility index (Phi) is 8.49. The van der Waals surface area contributed by atoms with Crippen molar-refractivity contribution in [2.45, 2.75) is 20.1 Å². The van der Waals surface area contributed by atoms with Crippen LogP contribution >= 0.6 is 15.9 Å². The van der Waals surface area contributed by atoms with Crippen LogP contribution in [0.3, 0.4) is 0 Å². The number of benzene rings is 3. The number of nitrogens with one attached hydrogen (secondary N) is 2. The maximum atomic E-state index is 11.3. The molecule has 8 nitrogen and oxygen atoms in total. The van der Waals surface area contributed by atoms with Crippen molar-refractivity contribution in [2.24, 2.45) is 0 Å². The molecular weight excluding hydrogens is 592 g/mol. The minimum Gasteiger partial charge on any atom is -0.488 e. The van der Waals surface area contributed by atoms with Gasteiger partial charge < -0.3 is 19.8 Å². The first-order valence-electron chi connectivity index (χ1n) is 12.7. The monoisotopic (exact) mass is 620 g/mol. The van der Waals surface area contributed by atoms with Gasteiger partial charge in [0.05, 0.1) is 22.3 Å². The first-order chi connectivity index (χ1) is 19.2. The maximum Gasteiger partial charge on any atom is 0.148 e. The zero-order valence-electron chi connectivity index (χ0n) is 22.1. The summed E-state index contributed by atoms with van der Waals surface area (Å²) >= 11 is 3.63. The van der Waals surface area contributed by atoms with Crippen LogP contribution < -0.4 is 15.4 Å². The largest absolute Gasteiger partial charge is 0.488 e. The number of halogens is 1. The van der Waals surface area contributed by atoms with E-state index >= 15 is 0 Å². The van der Waals surface area contributed by atoms with Gasteiger partial charge in [-0.15, -0.1) is 0 Å². The highest BCUT2D eigenvalue weighted by atomic mass is 79.9. The van der Waals surface area contributed by atoms with E-state index in [-0.39, 0.29) is 5.75 Å². The molecule has 0 saturated heterocycles. The van der Waals surface area contributed by atoms with E-state index in [2.05, 4.69) is 55.6 Å². The molecular formula is C30H29BrN4O4S. The molecule has 0 aliphatic heterocycles. The summed E-state index contributed by atoms with van der Waals surface area (Å²) in [4.78, 5) is 8.90. The van der Waals surface area contributed by atoms with Crippen molar-refractivity contribution in [1.82, 2.24) is 15.3 Å². The van der Waals surface area contributed by atoms with Crippen molar-refractivity contribution in [2.75, 3.05) is 23.9 Å². The molecule has 0 atom stereocenters. The topological polar surface area (TPSA) is 106 Å². The molecule has 2 N–H and O–H groups in total. The predicted octanol–water partition coefficient (Wildman–Crippen LogP) is 6.42. The summed E-state index contributed by atoms with van der Waals surface area (Å²) in [5, 5.41) is 7.35. The van der Waals surface area contributed by atoms with Crippen LogP contribution in [0.1, 0.15) is 16.9 Å². The molecule has 3 aromatic carbocycles. The number of anilines is 2. The smallest absolute Gasteiger partial charge is 0.148 e. The molecule has 0 unspecified atom stereocenters. The quantitative estimate of drug-likeness (QED) is 0.163. The molecule has 0 aliphatic carbocycles. The Morgan fingerprint density at radius 3 is 2.67 bits per heavy atom. The molecule has 0 saturated carbocycles. The van der Waals surface area contributed by atoms with E-state index < -0.39 is 9.84 Å². The Labute approximate surface area is 241 Å². The third-order valence-corrected chi connectivity index (χ3v) is 7.77. The molecule has 0 spiro atoms. The van der Waals surface area contributed by atoms with Gasteiger partial charge in [0, 0.05) is 29.4 Å². The van der Waals surface area contributed by atoms with Crippen LogP contribution in [0.2, 0.25) is 0 Å². The van der Waals surface area contributed by atoms with Gasteiger partial charge in [-0.2, -0.15) is 0 Å². The van der Waals surface area contributed by atoms with E-state index in [1.165, 1.54) is 18.1 Å². The Morgan fingerprint density at radius 2 is 1.88 bits per heavy atom. The molecule has 5 aromatic rings. The Morgan fingerprint density at radius 1 is 1.00 bits per heavy atom. The number of hydrogen-bond acceptors (Lipinski definition) is 8. The van der Waals surface area contributed by atoms with Crippen molar-refractivity contribution < 1.29 is 17.6 Å². The van der Waals surface area contributed by atoms with Crippen LogP contribution in [-0.2, 0) is 23.0 Å². The highest BCUT2D eigenvalue weighted by Gasteiger charge is 2.11. The predicted molar refractivity (Wildman–Crippen MR) is 162 cm³/mol. The molecule has 5 rings (SSSR count). The van der Waals surface area contributed by atoms with E-state index in [1.807, 2.05) is 60.7 Å². The summed E-state index contributed by atoms with van der Waals surface area (Å²) in [5.41, 5.74) is 4.85. The van der Waals surface area contributed by atoms with Crippen molar-refractivity contribution in [3.05, 3.63) is 100 Å². The first-order valence-corrected chi connectivity index (χ1v) is 15.6. The number of aryl methyl sites for hydroxylation is 1. The third kappa shape index (κ3) is 7.26. The standard InChI is InChI=1S/C30H29BrN4O4S/c1-20-4-3-5-21(14-20)18-38-29-10-7-23(16-26(29)31)35-30-25-15-22(6-9-27(25)33-19-34-30)28-11-8-24(39-28)17-32-12-13-40(2,36)37/h3-11,14-16,19,32H,12-13,17-18H2,1-2H3,(H,33,34,35). The summed E-state index contributed by atoms with van der Waals surface area (Å²) in [6.45, 7) is 3.36. The number of fused-ring (bicyclic) bond motifs is 1. The van der Waals surface area contributed by atoms with E-state index in [0.29, 0.717) is 31.3 Å². The number of rotatable bonds is 11. The van der Waals surface area contributed by atoms with Crippen LogP contribution in [-0.4, -0.2) is 36.9 Å². The normalized spacial score (nSPS) is 11.6. The molecule has 0 radical (unpaired) electrons. The van der Waals surface area contributed by atoms with Crippen LogP contribution in [0, 0.1) is 6.92 Å². The van der Waals surface area contributed by atoms with Crippen LogP contribution in [0.15, 0.2) is 88.0 Å². The average molecular weight is 622 g/mol. The van der Waals surface area contributed by atoms with Crippen molar-refractivity contribution >= 4 is 48.2 Å². The van der Waals surface area contributed by atoms with Crippen LogP contribution in [0.5, 0.6) is 5.75 Å². The molecule has 40 heavy (non-hydrogen) atoms. The van der Waals surface area contributed by atoms with Gasteiger partial charge in [-0.05, 0) is 76.9 Å². The number of ether oxygens (including phenoxy) is 1. The Balaban J connectivity index is 1.29. The summed E-state index contributed by atoms with van der Waals surface area (Å²) in [6.07, 6.45) is 2.76. The van der Waals surface area contributed by atoms with Gasteiger partial charge in [0.1, 0.15) is 45.9 Å². The maximum absolute atomic E-state index is 11.3. The lowest BCUT2D eigenvalue weighted by Crippen LogP contribution is -2.21. The number of furan rings is 1. The van der Waals surface area contributed by atoms with Gasteiger partial charge in [0.15, 0.2) is 0 Å². The Bertz CT molecular complexity index is 1750. The summed E-state index contributed by atoms with van der Waals surface area (Å²) < 4.78 is 35.5. The van der Waals surface area contributed by atoms with Gasteiger partial charge in [-0.3, -0.25) is 0 Å². The molecule has 0 fully saturated rings. The fraction of sp³-hybridized carbons (Fsp3) is 0.200. The zero-order chi connectivity index (χ0) is 28.1. The number of sulfone groups is 1. The second-order valence-electron chi connectivity index (χ2n) is 9.57.